The molecule has 2 rings (SSSR count). The van der Waals surface area contributed by atoms with Crippen LogP contribution in [0.5, 0.6) is 0 Å². The van der Waals surface area contributed by atoms with Crippen LogP contribution in [0.4, 0.5) is 0 Å². The Morgan fingerprint density at radius 2 is 2.19 bits per heavy atom. The molecule has 0 saturated carbocycles. The maximum absolute atomic E-state index is 5.65. The molecule has 2 saturated heterocycles. The van der Waals surface area contributed by atoms with Gasteiger partial charge in [0.2, 0.25) is 0 Å². The zero-order valence-corrected chi connectivity index (χ0v) is 10.9. The summed E-state index contributed by atoms with van der Waals surface area (Å²) >= 11 is 0. The molecule has 0 aliphatic carbocycles. The van der Waals surface area contributed by atoms with Crippen molar-refractivity contribution >= 4 is 0 Å². The van der Waals surface area contributed by atoms with Gasteiger partial charge in [-0.25, -0.2) is 0 Å². The van der Waals surface area contributed by atoms with Crippen LogP contribution >= 0.6 is 0 Å². The number of piperazine rings is 1. The second-order valence-corrected chi connectivity index (χ2v) is 5.44. The van der Waals surface area contributed by atoms with Crippen molar-refractivity contribution in [3.63, 3.8) is 0 Å². The molecular weight excluding hydrogens is 200 g/mol. The monoisotopic (exact) mass is 226 g/mol. The van der Waals surface area contributed by atoms with Gasteiger partial charge in [-0.3, -0.25) is 4.90 Å². The highest BCUT2D eigenvalue weighted by molar-refractivity contribution is 4.86. The third-order valence-electron chi connectivity index (χ3n) is 4.28. The van der Waals surface area contributed by atoms with Crippen LogP contribution in [0.3, 0.4) is 0 Å². The van der Waals surface area contributed by atoms with Gasteiger partial charge in [0.25, 0.3) is 0 Å². The third kappa shape index (κ3) is 2.76. The molecule has 0 aromatic rings. The van der Waals surface area contributed by atoms with Gasteiger partial charge in [-0.05, 0) is 32.6 Å². The van der Waals surface area contributed by atoms with Crippen LogP contribution in [0.15, 0.2) is 0 Å². The first-order chi connectivity index (χ1) is 7.70. The Kier molecular flexibility index (Phi) is 4.22. The molecule has 3 nitrogen and oxygen atoms in total. The van der Waals surface area contributed by atoms with Crippen molar-refractivity contribution in [1.29, 1.82) is 0 Å². The van der Waals surface area contributed by atoms with E-state index in [1.54, 1.807) is 0 Å². The predicted molar refractivity (Wildman–Crippen MR) is 66.6 cm³/mol. The molecule has 0 bridgehead atoms. The predicted octanol–water partition coefficient (Wildman–Crippen LogP) is 1.48. The number of hydrogen-bond acceptors (Lipinski definition) is 3. The molecular formula is C13H26N2O. The molecule has 94 valence electrons. The first-order valence-corrected chi connectivity index (χ1v) is 6.79. The fourth-order valence-electron chi connectivity index (χ4n) is 2.84. The molecule has 0 spiro atoms. The standard InChI is InChI=1S/C13H26N2O/c1-4-13-9-15(10(2)7-14-13)8-12-5-6-16-11(12)3/h10-14H,4-9H2,1-3H3. The Morgan fingerprint density at radius 1 is 1.38 bits per heavy atom. The Bertz CT molecular complexity index is 222. The van der Waals surface area contributed by atoms with Crippen molar-refractivity contribution in [2.45, 2.75) is 51.8 Å². The molecule has 16 heavy (non-hydrogen) atoms. The van der Waals surface area contributed by atoms with Gasteiger partial charge in [0.05, 0.1) is 6.10 Å². The lowest BCUT2D eigenvalue weighted by Gasteiger charge is -2.40. The molecule has 2 heterocycles. The molecule has 2 aliphatic rings. The molecule has 1 N–H and O–H groups in total. The second-order valence-electron chi connectivity index (χ2n) is 5.44. The summed E-state index contributed by atoms with van der Waals surface area (Å²) in [7, 11) is 0. The van der Waals surface area contributed by atoms with Gasteiger partial charge in [-0.2, -0.15) is 0 Å². The van der Waals surface area contributed by atoms with E-state index in [2.05, 4.69) is 31.0 Å². The number of nitrogens with one attached hydrogen (secondary N) is 1. The number of rotatable bonds is 3. The zero-order chi connectivity index (χ0) is 11.5. The van der Waals surface area contributed by atoms with Gasteiger partial charge in [-0.15, -0.1) is 0 Å². The summed E-state index contributed by atoms with van der Waals surface area (Å²) in [6, 6.07) is 1.37. The summed E-state index contributed by atoms with van der Waals surface area (Å²) in [5.41, 5.74) is 0. The Hall–Kier alpha value is -0.120. The van der Waals surface area contributed by atoms with Crippen molar-refractivity contribution in [3.05, 3.63) is 0 Å². The normalized spacial score (nSPS) is 41.4. The highest BCUT2D eigenvalue weighted by Crippen LogP contribution is 2.23. The Morgan fingerprint density at radius 3 is 2.81 bits per heavy atom. The SMILES string of the molecule is CCC1CN(CC2CCOC2C)C(C)CN1. The van der Waals surface area contributed by atoms with Crippen molar-refractivity contribution < 1.29 is 4.74 Å². The number of ether oxygens (including phenoxy) is 1. The summed E-state index contributed by atoms with van der Waals surface area (Å²) in [6.45, 7) is 11.4. The van der Waals surface area contributed by atoms with Gasteiger partial charge in [-0.1, -0.05) is 6.92 Å². The fourth-order valence-corrected chi connectivity index (χ4v) is 2.84. The van der Waals surface area contributed by atoms with Crippen molar-refractivity contribution in [2.75, 3.05) is 26.2 Å². The second kappa shape index (κ2) is 5.48. The first-order valence-electron chi connectivity index (χ1n) is 6.79. The van der Waals surface area contributed by atoms with Crippen LogP contribution in [-0.4, -0.2) is 49.3 Å². The summed E-state index contributed by atoms with van der Waals surface area (Å²) in [5, 5.41) is 3.61. The van der Waals surface area contributed by atoms with Crippen molar-refractivity contribution in [3.8, 4) is 0 Å². The molecule has 4 unspecified atom stereocenters. The van der Waals surface area contributed by atoms with E-state index in [9.17, 15) is 0 Å². The smallest absolute Gasteiger partial charge is 0.0588 e. The highest BCUT2D eigenvalue weighted by Gasteiger charge is 2.30. The maximum atomic E-state index is 5.65. The van der Waals surface area contributed by atoms with E-state index in [-0.39, 0.29) is 0 Å². The quantitative estimate of drug-likeness (QED) is 0.789. The van der Waals surface area contributed by atoms with Crippen LogP contribution in [-0.2, 0) is 4.74 Å². The number of nitrogens with zero attached hydrogens (tertiary/aromatic N) is 1. The Balaban J connectivity index is 1.86. The molecule has 2 fully saturated rings. The topological polar surface area (TPSA) is 24.5 Å². The maximum Gasteiger partial charge on any atom is 0.0588 e. The molecule has 0 amide bonds. The van der Waals surface area contributed by atoms with Crippen molar-refractivity contribution in [2.24, 2.45) is 5.92 Å². The van der Waals surface area contributed by atoms with Gasteiger partial charge >= 0.3 is 0 Å². The van der Waals surface area contributed by atoms with E-state index < -0.39 is 0 Å². The van der Waals surface area contributed by atoms with E-state index in [1.807, 2.05) is 0 Å². The molecule has 0 radical (unpaired) electrons. The van der Waals surface area contributed by atoms with Crippen LogP contribution in [0.25, 0.3) is 0 Å². The van der Waals surface area contributed by atoms with Gasteiger partial charge in [0, 0.05) is 38.3 Å². The van der Waals surface area contributed by atoms with E-state index in [4.69, 9.17) is 4.74 Å². The molecule has 0 aromatic carbocycles. The van der Waals surface area contributed by atoms with Crippen LogP contribution < -0.4 is 5.32 Å². The van der Waals surface area contributed by atoms with E-state index in [0.29, 0.717) is 18.2 Å². The molecule has 4 atom stereocenters. The fraction of sp³-hybridized carbons (Fsp3) is 1.00. The van der Waals surface area contributed by atoms with Gasteiger partial charge < -0.3 is 10.1 Å². The van der Waals surface area contributed by atoms with Gasteiger partial charge in [0.1, 0.15) is 0 Å². The highest BCUT2D eigenvalue weighted by atomic mass is 16.5. The van der Waals surface area contributed by atoms with Gasteiger partial charge in [0.15, 0.2) is 0 Å². The summed E-state index contributed by atoms with van der Waals surface area (Å²) in [4.78, 5) is 2.65. The lowest BCUT2D eigenvalue weighted by Crippen LogP contribution is -2.56. The lowest BCUT2D eigenvalue weighted by molar-refractivity contribution is 0.0711. The average molecular weight is 226 g/mol. The first kappa shape index (κ1) is 12.3. The van der Waals surface area contributed by atoms with Crippen LogP contribution in [0, 0.1) is 5.92 Å². The van der Waals surface area contributed by atoms with E-state index in [1.165, 1.54) is 25.9 Å². The average Bonchev–Trinajstić information content (AvgIpc) is 2.68. The summed E-state index contributed by atoms with van der Waals surface area (Å²) in [6.07, 6.45) is 2.94. The minimum atomic E-state index is 0.460. The number of hydrogen-bond donors (Lipinski definition) is 1. The summed E-state index contributed by atoms with van der Waals surface area (Å²) in [5.74, 6) is 0.748. The molecule has 2 aliphatic heterocycles. The minimum Gasteiger partial charge on any atom is -0.378 e. The van der Waals surface area contributed by atoms with E-state index >= 15 is 0 Å². The molecule has 3 heteroatoms. The summed E-state index contributed by atoms with van der Waals surface area (Å²) < 4.78 is 5.65. The molecule has 0 aromatic heterocycles. The minimum absolute atomic E-state index is 0.460. The largest absolute Gasteiger partial charge is 0.378 e. The lowest BCUT2D eigenvalue weighted by atomic mass is 9.99. The van der Waals surface area contributed by atoms with Crippen LogP contribution in [0.2, 0.25) is 0 Å². The Labute approximate surface area is 99.5 Å². The van der Waals surface area contributed by atoms with Crippen molar-refractivity contribution in [1.82, 2.24) is 10.2 Å². The van der Waals surface area contributed by atoms with Crippen LogP contribution in [0.1, 0.15) is 33.6 Å². The third-order valence-corrected chi connectivity index (χ3v) is 4.28. The zero-order valence-electron chi connectivity index (χ0n) is 10.9. The van der Waals surface area contributed by atoms with E-state index in [0.717, 1.165) is 19.1 Å².